The van der Waals surface area contributed by atoms with Crippen LogP contribution in [0.1, 0.15) is 11.1 Å². The second-order valence-electron chi connectivity index (χ2n) is 4.70. The summed E-state index contributed by atoms with van der Waals surface area (Å²) in [6, 6.07) is 12.3. The first kappa shape index (κ1) is 11.6. The molecular weight excluding hydrogens is 242 g/mol. The topological polar surface area (TPSA) is 22.0 Å². The lowest BCUT2D eigenvalue weighted by Crippen LogP contribution is -2.25. The van der Waals surface area contributed by atoms with Gasteiger partial charge in [0.25, 0.3) is 5.56 Å². The largest absolute Gasteiger partial charge is 0.314 e. The Kier molecular flexibility index (Phi) is 3.00. The lowest BCUT2D eigenvalue weighted by molar-refractivity contribution is 0.638. The molecule has 0 spiro atoms. The summed E-state index contributed by atoms with van der Waals surface area (Å²) >= 11 is 1.89. The highest BCUT2D eigenvalue weighted by Gasteiger charge is 2.22. The van der Waals surface area contributed by atoms with Crippen molar-refractivity contribution in [2.45, 2.75) is 30.0 Å². The molecule has 2 nitrogen and oxygen atoms in total. The minimum absolute atomic E-state index is 0.133. The van der Waals surface area contributed by atoms with Crippen molar-refractivity contribution >= 4 is 11.8 Å². The van der Waals surface area contributed by atoms with Crippen molar-refractivity contribution < 1.29 is 0 Å². The van der Waals surface area contributed by atoms with Crippen molar-refractivity contribution in [2.24, 2.45) is 0 Å². The van der Waals surface area contributed by atoms with Gasteiger partial charge in [-0.05, 0) is 31.0 Å². The molecule has 0 radical (unpaired) electrons. The third-order valence-corrected chi connectivity index (χ3v) is 4.63. The fraction of sp³-hybridized carbons (Fsp3) is 0.267. The van der Waals surface area contributed by atoms with Gasteiger partial charge in [-0.1, -0.05) is 24.3 Å². The summed E-state index contributed by atoms with van der Waals surface area (Å²) in [4.78, 5) is 13.3. The van der Waals surface area contributed by atoms with Crippen molar-refractivity contribution in [3.8, 4) is 0 Å². The third-order valence-electron chi connectivity index (χ3n) is 3.32. The number of hydrogen-bond acceptors (Lipinski definition) is 2. The van der Waals surface area contributed by atoms with Gasteiger partial charge in [-0.3, -0.25) is 4.79 Å². The van der Waals surface area contributed by atoms with Crippen molar-refractivity contribution in [1.82, 2.24) is 4.57 Å². The van der Waals surface area contributed by atoms with Crippen LogP contribution in [0.25, 0.3) is 0 Å². The number of fused-ring (bicyclic) bond motifs is 1. The van der Waals surface area contributed by atoms with Crippen LogP contribution < -0.4 is 5.56 Å². The summed E-state index contributed by atoms with van der Waals surface area (Å²) in [6.07, 6.45) is 2.94. The van der Waals surface area contributed by atoms with E-state index >= 15 is 0 Å². The molecule has 92 valence electrons. The molecule has 2 heterocycles. The summed E-state index contributed by atoms with van der Waals surface area (Å²) in [6.45, 7) is 2.66. The average Bonchev–Trinajstić information content (AvgIpc) is 2.77. The molecule has 18 heavy (non-hydrogen) atoms. The quantitative estimate of drug-likeness (QED) is 0.825. The number of aromatic nitrogens is 1. The van der Waals surface area contributed by atoms with Crippen molar-refractivity contribution in [1.29, 1.82) is 0 Å². The van der Waals surface area contributed by atoms with Gasteiger partial charge in [0.2, 0.25) is 0 Å². The second kappa shape index (κ2) is 4.65. The van der Waals surface area contributed by atoms with E-state index in [-0.39, 0.29) is 5.56 Å². The highest BCUT2D eigenvalue weighted by Crippen LogP contribution is 2.37. The minimum atomic E-state index is 0.133. The summed E-state index contributed by atoms with van der Waals surface area (Å²) in [7, 11) is 0. The second-order valence-corrected chi connectivity index (χ2v) is 6.04. The molecule has 3 heteroatoms. The summed E-state index contributed by atoms with van der Waals surface area (Å²) < 4.78 is 1.83. The predicted molar refractivity (Wildman–Crippen MR) is 75.2 cm³/mol. The Bertz CT molecular complexity index is 607. The number of hydrogen-bond donors (Lipinski definition) is 0. The smallest absolute Gasteiger partial charge is 0.253 e. The van der Waals surface area contributed by atoms with Crippen LogP contribution in [0.4, 0.5) is 0 Å². The standard InChI is InChI=1S/C15H15NOS/c1-11-5-4-8-16(15(11)17)10-13-9-12-6-2-3-7-14(12)18-13/h2-8,13H,9-10H2,1H3. The third kappa shape index (κ3) is 2.10. The van der Waals surface area contributed by atoms with Crippen molar-refractivity contribution in [2.75, 3.05) is 0 Å². The first-order valence-electron chi connectivity index (χ1n) is 6.14. The van der Waals surface area contributed by atoms with Crippen LogP contribution in [-0.4, -0.2) is 9.82 Å². The highest BCUT2D eigenvalue weighted by molar-refractivity contribution is 8.00. The van der Waals surface area contributed by atoms with Gasteiger partial charge < -0.3 is 4.57 Å². The molecule has 3 rings (SSSR count). The molecular formula is C15H15NOS. The van der Waals surface area contributed by atoms with Crippen LogP contribution >= 0.6 is 11.8 Å². The number of rotatable bonds is 2. The van der Waals surface area contributed by atoms with Crippen LogP contribution in [0, 0.1) is 6.92 Å². The lowest BCUT2D eigenvalue weighted by Gasteiger charge is -2.11. The molecule has 1 aromatic carbocycles. The Hall–Kier alpha value is -1.48. The maximum atomic E-state index is 12.0. The van der Waals surface area contributed by atoms with Gasteiger partial charge in [0, 0.05) is 28.5 Å². The molecule has 1 unspecified atom stereocenters. The van der Waals surface area contributed by atoms with E-state index in [9.17, 15) is 4.79 Å². The monoisotopic (exact) mass is 257 g/mol. The number of benzene rings is 1. The predicted octanol–water partition coefficient (Wildman–Crippen LogP) is 2.87. The Labute approximate surface area is 111 Å². The fourth-order valence-corrected chi connectivity index (χ4v) is 3.69. The molecule has 0 aliphatic carbocycles. The molecule has 0 amide bonds. The van der Waals surface area contributed by atoms with E-state index in [0.29, 0.717) is 5.25 Å². The number of pyridine rings is 1. The number of nitrogens with zero attached hydrogens (tertiary/aromatic N) is 1. The molecule has 0 saturated carbocycles. The minimum Gasteiger partial charge on any atom is -0.314 e. The van der Waals surface area contributed by atoms with E-state index in [1.807, 2.05) is 41.6 Å². The first-order chi connectivity index (χ1) is 8.74. The summed E-state index contributed by atoms with van der Waals surface area (Å²) in [5.41, 5.74) is 2.36. The SMILES string of the molecule is Cc1cccn(CC2Cc3ccccc3S2)c1=O. The van der Waals surface area contributed by atoms with E-state index in [0.717, 1.165) is 18.5 Å². The zero-order valence-corrected chi connectivity index (χ0v) is 11.1. The van der Waals surface area contributed by atoms with E-state index in [1.54, 1.807) is 0 Å². The summed E-state index contributed by atoms with van der Waals surface area (Å²) in [5.74, 6) is 0. The van der Waals surface area contributed by atoms with Crippen LogP contribution in [0.15, 0.2) is 52.3 Å². The molecule has 0 N–H and O–H groups in total. The van der Waals surface area contributed by atoms with E-state index < -0.39 is 0 Å². The van der Waals surface area contributed by atoms with Gasteiger partial charge in [-0.25, -0.2) is 0 Å². The Morgan fingerprint density at radius 1 is 1.28 bits per heavy atom. The Morgan fingerprint density at radius 3 is 2.94 bits per heavy atom. The van der Waals surface area contributed by atoms with Crippen LogP contribution in [-0.2, 0) is 13.0 Å². The van der Waals surface area contributed by atoms with Crippen LogP contribution in [0.2, 0.25) is 0 Å². The van der Waals surface area contributed by atoms with Crippen LogP contribution in [0.3, 0.4) is 0 Å². The zero-order chi connectivity index (χ0) is 12.5. The highest BCUT2D eigenvalue weighted by atomic mass is 32.2. The molecule has 0 saturated heterocycles. The molecule has 2 aromatic rings. The van der Waals surface area contributed by atoms with E-state index in [4.69, 9.17) is 0 Å². The lowest BCUT2D eigenvalue weighted by atomic mass is 10.1. The number of aryl methyl sites for hydroxylation is 1. The van der Waals surface area contributed by atoms with Gasteiger partial charge in [-0.15, -0.1) is 11.8 Å². The molecule has 1 aliphatic rings. The molecule has 0 bridgehead atoms. The maximum Gasteiger partial charge on any atom is 0.253 e. The maximum absolute atomic E-state index is 12.0. The van der Waals surface area contributed by atoms with Crippen LogP contribution in [0.5, 0.6) is 0 Å². The molecule has 1 atom stereocenters. The normalized spacial score (nSPS) is 17.7. The van der Waals surface area contributed by atoms with Gasteiger partial charge >= 0.3 is 0 Å². The zero-order valence-electron chi connectivity index (χ0n) is 10.3. The van der Waals surface area contributed by atoms with Gasteiger partial charge in [0.05, 0.1) is 0 Å². The Morgan fingerprint density at radius 2 is 2.11 bits per heavy atom. The Balaban J connectivity index is 1.80. The van der Waals surface area contributed by atoms with Crippen molar-refractivity contribution in [3.05, 3.63) is 64.1 Å². The first-order valence-corrected chi connectivity index (χ1v) is 7.02. The summed E-state index contributed by atoms with van der Waals surface area (Å²) in [5, 5.41) is 0.474. The number of thioether (sulfide) groups is 1. The van der Waals surface area contributed by atoms with Gasteiger partial charge in [0.1, 0.15) is 0 Å². The van der Waals surface area contributed by atoms with E-state index in [1.165, 1.54) is 10.5 Å². The molecule has 1 aromatic heterocycles. The average molecular weight is 257 g/mol. The van der Waals surface area contributed by atoms with E-state index in [2.05, 4.69) is 24.3 Å². The molecule has 1 aliphatic heterocycles. The van der Waals surface area contributed by atoms with Gasteiger partial charge in [0.15, 0.2) is 0 Å². The van der Waals surface area contributed by atoms with Crippen molar-refractivity contribution in [3.63, 3.8) is 0 Å². The van der Waals surface area contributed by atoms with Gasteiger partial charge in [-0.2, -0.15) is 0 Å². The fourth-order valence-electron chi connectivity index (χ4n) is 2.38. The molecule has 0 fully saturated rings.